The Morgan fingerprint density at radius 3 is 3.19 bits per heavy atom. The first-order valence-electron chi connectivity index (χ1n) is 6.33. The van der Waals surface area contributed by atoms with Gasteiger partial charge in [0.2, 0.25) is 0 Å². The van der Waals surface area contributed by atoms with Gasteiger partial charge in [0.1, 0.15) is 5.76 Å². The molecule has 1 N–H and O–H groups in total. The zero-order valence-electron chi connectivity index (χ0n) is 9.86. The summed E-state index contributed by atoms with van der Waals surface area (Å²) in [5, 5.41) is 3.68. The molecule has 88 valence electrons. The molecule has 2 heterocycles. The van der Waals surface area contributed by atoms with Crippen LogP contribution in [0.3, 0.4) is 0 Å². The molecule has 3 heteroatoms. The monoisotopic (exact) mass is 220 g/mol. The number of nitrogens with one attached hydrogen (secondary N) is 1. The lowest BCUT2D eigenvalue weighted by Crippen LogP contribution is -2.34. The Morgan fingerprint density at radius 2 is 2.38 bits per heavy atom. The minimum absolute atomic E-state index is 0.470. The molecular formula is C13H20N2O. The number of rotatable bonds is 1. The van der Waals surface area contributed by atoms with E-state index in [-0.39, 0.29) is 0 Å². The first kappa shape index (κ1) is 10.4. The van der Waals surface area contributed by atoms with Gasteiger partial charge in [-0.25, -0.2) is 0 Å². The second-order valence-electron chi connectivity index (χ2n) is 5.10. The standard InChI is InChI=1S/C13H20N2O/c1-15-8-7-14-11-5-2-4-10(11)13(15)12-6-3-9-16-12/h3,6,9-11,13-14H,2,4-5,7-8H2,1H3/t10-,11?,13-/m1/s1. The third kappa shape index (κ3) is 1.68. The quantitative estimate of drug-likeness (QED) is 0.785. The number of hydrogen-bond acceptors (Lipinski definition) is 3. The number of fused-ring (bicyclic) bond motifs is 1. The van der Waals surface area contributed by atoms with Gasteiger partial charge in [0.15, 0.2) is 0 Å². The average Bonchev–Trinajstić information content (AvgIpc) is 2.90. The van der Waals surface area contributed by atoms with E-state index >= 15 is 0 Å². The summed E-state index contributed by atoms with van der Waals surface area (Å²) < 4.78 is 5.64. The van der Waals surface area contributed by atoms with Crippen LogP contribution in [0.15, 0.2) is 22.8 Å². The second kappa shape index (κ2) is 4.22. The minimum atomic E-state index is 0.470. The number of furan rings is 1. The van der Waals surface area contributed by atoms with Crippen molar-refractivity contribution in [3.05, 3.63) is 24.2 Å². The zero-order valence-corrected chi connectivity index (χ0v) is 9.86. The Bertz CT molecular complexity index is 336. The molecule has 0 spiro atoms. The van der Waals surface area contributed by atoms with E-state index in [1.807, 2.05) is 6.07 Å². The summed E-state index contributed by atoms with van der Waals surface area (Å²) in [6, 6.07) is 5.30. The van der Waals surface area contributed by atoms with Gasteiger partial charge in [-0.3, -0.25) is 4.90 Å². The lowest BCUT2D eigenvalue weighted by molar-refractivity contribution is 0.165. The van der Waals surface area contributed by atoms with Crippen molar-refractivity contribution in [1.29, 1.82) is 0 Å². The van der Waals surface area contributed by atoms with E-state index in [0.29, 0.717) is 12.1 Å². The molecule has 2 fully saturated rings. The molecular weight excluding hydrogens is 200 g/mol. The van der Waals surface area contributed by atoms with Gasteiger partial charge in [-0.1, -0.05) is 6.42 Å². The van der Waals surface area contributed by atoms with Gasteiger partial charge in [-0.05, 0) is 37.9 Å². The molecule has 1 unspecified atom stereocenters. The van der Waals surface area contributed by atoms with Gasteiger partial charge < -0.3 is 9.73 Å². The van der Waals surface area contributed by atoms with Crippen molar-refractivity contribution in [3.63, 3.8) is 0 Å². The maximum Gasteiger partial charge on any atom is 0.121 e. The highest BCUT2D eigenvalue weighted by atomic mass is 16.3. The van der Waals surface area contributed by atoms with Crippen molar-refractivity contribution in [2.45, 2.75) is 31.3 Å². The summed E-state index contributed by atoms with van der Waals surface area (Å²) in [5.74, 6) is 1.86. The highest BCUT2D eigenvalue weighted by Gasteiger charge is 2.39. The van der Waals surface area contributed by atoms with Crippen molar-refractivity contribution in [3.8, 4) is 0 Å². The van der Waals surface area contributed by atoms with Crippen molar-refractivity contribution < 1.29 is 4.42 Å². The predicted octanol–water partition coefficient (Wildman–Crippen LogP) is 2.02. The van der Waals surface area contributed by atoms with Crippen LogP contribution >= 0.6 is 0 Å². The van der Waals surface area contributed by atoms with E-state index in [0.717, 1.165) is 24.8 Å². The molecule has 1 aliphatic heterocycles. The van der Waals surface area contributed by atoms with Crippen molar-refractivity contribution in [2.75, 3.05) is 20.1 Å². The SMILES string of the molecule is CN1CCNC2CCC[C@H]2[C@@H]1c1ccco1. The Kier molecular flexibility index (Phi) is 2.74. The van der Waals surface area contributed by atoms with Crippen LogP contribution in [0.5, 0.6) is 0 Å². The van der Waals surface area contributed by atoms with Crippen LogP contribution in [0.2, 0.25) is 0 Å². The first-order chi connectivity index (χ1) is 7.86. The van der Waals surface area contributed by atoms with Crippen molar-refractivity contribution >= 4 is 0 Å². The maximum atomic E-state index is 5.64. The molecule has 0 amide bonds. The molecule has 0 radical (unpaired) electrons. The topological polar surface area (TPSA) is 28.4 Å². The molecule has 1 saturated carbocycles. The lowest BCUT2D eigenvalue weighted by Gasteiger charge is -2.30. The van der Waals surface area contributed by atoms with Gasteiger partial charge >= 0.3 is 0 Å². The second-order valence-corrected chi connectivity index (χ2v) is 5.10. The van der Waals surface area contributed by atoms with Crippen molar-refractivity contribution in [1.82, 2.24) is 10.2 Å². The molecule has 2 aliphatic rings. The summed E-state index contributed by atoms with van der Waals surface area (Å²) in [4.78, 5) is 2.45. The molecule has 1 saturated heterocycles. The molecule has 3 atom stereocenters. The predicted molar refractivity (Wildman–Crippen MR) is 63.2 cm³/mol. The van der Waals surface area contributed by atoms with Crippen LogP contribution in [0.4, 0.5) is 0 Å². The molecule has 1 aromatic rings. The third-order valence-electron chi connectivity index (χ3n) is 4.16. The number of likely N-dealkylation sites (N-methyl/N-ethyl adjacent to an activating group) is 1. The first-order valence-corrected chi connectivity index (χ1v) is 6.33. The van der Waals surface area contributed by atoms with E-state index in [1.54, 1.807) is 6.26 Å². The van der Waals surface area contributed by atoms with E-state index < -0.39 is 0 Å². The summed E-state index contributed by atoms with van der Waals surface area (Å²) in [5.41, 5.74) is 0. The zero-order chi connectivity index (χ0) is 11.0. The highest BCUT2D eigenvalue weighted by Crippen LogP contribution is 2.40. The number of hydrogen-bond donors (Lipinski definition) is 1. The van der Waals surface area contributed by atoms with Crippen LogP contribution < -0.4 is 5.32 Å². The summed E-state index contributed by atoms with van der Waals surface area (Å²) in [6.07, 6.45) is 5.81. The highest BCUT2D eigenvalue weighted by molar-refractivity contribution is 5.10. The van der Waals surface area contributed by atoms with Crippen LogP contribution in [0.25, 0.3) is 0 Å². The fourth-order valence-electron chi connectivity index (χ4n) is 3.40. The smallest absolute Gasteiger partial charge is 0.121 e. The largest absolute Gasteiger partial charge is 0.468 e. The van der Waals surface area contributed by atoms with Gasteiger partial charge in [0.05, 0.1) is 12.3 Å². The number of nitrogens with zero attached hydrogens (tertiary/aromatic N) is 1. The molecule has 0 aromatic carbocycles. The van der Waals surface area contributed by atoms with E-state index in [9.17, 15) is 0 Å². The van der Waals surface area contributed by atoms with Crippen LogP contribution in [-0.2, 0) is 0 Å². The fraction of sp³-hybridized carbons (Fsp3) is 0.692. The minimum Gasteiger partial charge on any atom is -0.468 e. The van der Waals surface area contributed by atoms with Crippen LogP contribution in [0, 0.1) is 5.92 Å². The van der Waals surface area contributed by atoms with Gasteiger partial charge in [-0.15, -0.1) is 0 Å². The molecule has 1 aliphatic carbocycles. The molecule has 16 heavy (non-hydrogen) atoms. The Balaban J connectivity index is 1.91. The summed E-state index contributed by atoms with van der Waals surface area (Å²) >= 11 is 0. The Hall–Kier alpha value is -0.800. The van der Waals surface area contributed by atoms with E-state index in [2.05, 4.69) is 23.3 Å². The van der Waals surface area contributed by atoms with Crippen molar-refractivity contribution in [2.24, 2.45) is 5.92 Å². The average molecular weight is 220 g/mol. The normalized spacial score (nSPS) is 35.9. The van der Waals surface area contributed by atoms with Crippen LogP contribution in [0.1, 0.15) is 31.1 Å². The maximum absolute atomic E-state index is 5.64. The van der Waals surface area contributed by atoms with Gasteiger partial charge in [0.25, 0.3) is 0 Å². The lowest BCUT2D eigenvalue weighted by atomic mass is 9.92. The van der Waals surface area contributed by atoms with E-state index in [1.165, 1.54) is 19.3 Å². The van der Waals surface area contributed by atoms with Gasteiger partial charge in [0, 0.05) is 19.1 Å². The molecule has 0 bridgehead atoms. The molecule has 3 nitrogen and oxygen atoms in total. The fourth-order valence-corrected chi connectivity index (χ4v) is 3.40. The van der Waals surface area contributed by atoms with Crippen LogP contribution in [-0.4, -0.2) is 31.1 Å². The van der Waals surface area contributed by atoms with E-state index in [4.69, 9.17) is 4.42 Å². The summed E-state index contributed by atoms with van der Waals surface area (Å²) in [6.45, 7) is 2.22. The third-order valence-corrected chi connectivity index (χ3v) is 4.16. The molecule has 1 aromatic heterocycles. The Morgan fingerprint density at radius 1 is 1.44 bits per heavy atom. The molecule has 3 rings (SSSR count). The van der Waals surface area contributed by atoms with Gasteiger partial charge in [-0.2, -0.15) is 0 Å². The summed E-state index contributed by atoms with van der Waals surface area (Å²) in [7, 11) is 2.22. The Labute approximate surface area is 96.8 Å².